The van der Waals surface area contributed by atoms with Crippen LogP contribution in [0.1, 0.15) is 5.56 Å². The van der Waals surface area contributed by atoms with Crippen molar-refractivity contribution in [3.05, 3.63) is 82.8 Å². The molecule has 3 rings (SSSR count). The van der Waals surface area contributed by atoms with Gasteiger partial charge in [0.1, 0.15) is 5.75 Å². The first-order valence-electron chi connectivity index (χ1n) is 8.14. The van der Waals surface area contributed by atoms with E-state index in [4.69, 9.17) is 4.74 Å². The fourth-order valence-corrected chi connectivity index (χ4v) is 3.01. The van der Waals surface area contributed by atoms with Gasteiger partial charge in [-0.05, 0) is 29.8 Å². The number of ether oxygens (including phenoxy) is 1. The van der Waals surface area contributed by atoms with E-state index in [0.29, 0.717) is 11.3 Å². The molecule has 3 aromatic carbocycles. The molecule has 4 nitrogen and oxygen atoms in total. The first-order valence-corrected chi connectivity index (χ1v) is 8.93. The number of anilines is 1. The molecule has 0 aromatic heterocycles. The Morgan fingerprint density at radius 2 is 1.73 bits per heavy atom. The molecule has 132 valence electrons. The summed E-state index contributed by atoms with van der Waals surface area (Å²) in [5, 5.41) is 12.3. The minimum absolute atomic E-state index is 0.141. The van der Waals surface area contributed by atoms with Gasteiger partial charge < -0.3 is 15.2 Å². The van der Waals surface area contributed by atoms with Gasteiger partial charge in [0.25, 0.3) is 5.91 Å². The smallest absolute Gasteiger partial charge is 0.262 e. The van der Waals surface area contributed by atoms with E-state index in [1.807, 2.05) is 54.6 Å². The molecule has 0 spiro atoms. The van der Waals surface area contributed by atoms with Crippen LogP contribution in [0.5, 0.6) is 5.75 Å². The maximum absolute atomic E-state index is 12.3. The lowest BCUT2D eigenvalue weighted by atomic mass is 10.0. The van der Waals surface area contributed by atoms with Gasteiger partial charge in [0, 0.05) is 21.3 Å². The highest BCUT2D eigenvalue weighted by Gasteiger charge is 2.10. The highest BCUT2D eigenvalue weighted by Crippen LogP contribution is 2.28. The largest absolute Gasteiger partial charge is 0.483 e. The molecular formula is C21H18BrNO3. The number of halogens is 1. The maximum Gasteiger partial charge on any atom is 0.262 e. The Morgan fingerprint density at radius 1 is 1.00 bits per heavy atom. The van der Waals surface area contributed by atoms with Crippen molar-refractivity contribution in [1.82, 2.24) is 0 Å². The molecule has 0 bridgehead atoms. The average Bonchev–Trinajstić information content (AvgIpc) is 2.68. The second kappa shape index (κ2) is 8.65. The number of aliphatic hydroxyl groups excluding tert-OH is 1. The average molecular weight is 412 g/mol. The zero-order chi connectivity index (χ0) is 18.4. The van der Waals surface area contributed by atoms with Crippen molar-refractivity contribution in [2.45, 2.75) is 6.61 Å². The van der Waals surface area contributed by atoms with Crippen LogP contribution < -0.4 is 10.1 Å². The molecule has 0 aliphatic heterocycles. The number of aliphatic hydroxyl groups is 1. The number of benzene rings is 3. The van der Waals surface area contributed by atoms with Crippen LogP contribution in [0, 0.1) is 0 Å². The summed E-state index contributed by atoms with van der Waals surface area (Å²) >= 11 is 3.35. The van der Waals surface area contributed by atoms with Crippen LogP contribution in [0.4, 0.5) is 5.69 Å². The Morgan fingerprint density at radius 3 is 2.50 bits per heavy atom. The molecular weight excluding hydrogens is 394 g/mol. The lowest BCUT2D eigenvalue weighted by Gasteiger charge is -2.13. The van der Waals surface area contributed by atoms with Crippen molar-refractivity contribution in [3.63, 3.8) is 0 Å². The fourth-order valence-electron chi connectivity index (χ4n) is 2.60. The Balaban J connectivity index is 1.70. The summed E-state index contributed by atoms with van der Waals surface area (Å²) in [5.41, 5.74) is 3.32. The molecule has 0 saturated carbocycles. The number of amides is 1. The third-order valence-electron chi connectivity index (χ3n) is 3.84. The standard InChI is InChI=1S/C21H18BrNO3/c22-17-10-11-20(16(12-17)13-24)26-14-21(25)23-19-9-5-4-8-18(19)15-6-2-1-3-7-15/h1-12,24H,13-14H2,(H,23,25). The second-order valence-corrected chi connectivity index (χ2v) is 6.57. The van der Waals surface area contributed by atoms with Crippen molar-refractivity contribution >= 4 is 27.5 Å². The van der Waals surface area contributed by atoms with Gasteiger partial charge in [-0.1, -0.05) is 64.5 Å². The van der Waals surface area contributed by atoms with E-state index in [1.54, 1.807) is 18.2 Å². The number of rotatable bonds is 6. The predicted octanol–water partition coefficient (Wildman–Crippen LogP) is 4.63. The number of carbonyl (C=O) groups is 1. The number of para-hydroxylation sites is 1. The van der Waals surface area contributed by atoms with Gasteiger partial charge in [-0.15, -0.1) is 0 Å². The fraction of sp³-hybridized carbons (Fsp3) is 0.0952. The van der Waals surface area contributed by atoms with Crippen LogP contribution in [-0.4, -0.2) is 17.6 Å². The van der Waals surface area contributed by atoms with Gasteiger partial charge in [-0.2, -0.15) is 0 Å². The molecule has 0 heterocycles. The van der Waals surface area contributed by atoms with Crippen LogP contribution in [0.2, 0.25) is 0 Å². The lowest BCUT2D eigenvalue weighted by molar-refractivity contribution is -0.118. The summed E-state index contributed by atoms with van der Waals surface area (Å²) in [6.07, 6.45) is 0. The lowest BCUT2D eigenvalue weighted by Crippen LogP contribution is -2.21. The van der Waals surface area contributed by atoms with Gasteiger partial charge in [0.15, 0.2) is 6.61 Å². The maximum atomic E-state index is 12.3. The first kappa shape index (κ1) is 18.2. The van der Waals surface area contributed by atoms with E-state index in [0.717, 1.165) is 21.3 Å². The van der Waals surface area contributed by atoms with E-state index in [9.17, 15) is 9.90 Å². The zero-order valence-corrected chi connectivity index (χ0v) is 15.6. The van der Waals surface area contributed by atoms with E-state index in [1.165, 1.54) is 0 Å². The Labute approximate surface area is 160 Å². The highest BCUT2D eigenvalue weighted by molar-refractivity contribution is 9.10. The van der Waals surface area contributed by atoms with E-state index >= 15 is 0 Å². The molecule has 0 radical (unpaired) electrons. The second-order valence-electron chi connectivity index (χ2n) is 5.66. The van der Waals surface area contributed by atoms with Crippen molar-refractivity contribution < 1.29 is 14.6 Å². The van der Waals surface area contributed by atoms with Crippen LogP contribution in [0.15, 0.2) is 77.3 Å². The van der Waals surface area contributed by atoms with Crippen LogP contribution in [-0.2, 0) is 11.4 Å². The van der Waals surface area contributed by atoms with Gasteiger partial charge in [-0.3, -0.25) is 4.79 Å². The van der Waals surface area contributed by atoms with Gasteiger partial charge >= 0.3 is 0 Å². The van der Waals surface area contributed by atoms with E-state index < -0.39 is 0 Å². The topological polar surface area (TPSA) is 58.6 Å². The summed E-state index contributed by atoms with van der Waals surface area (Å²) in [5.74, 6) is 0.224. The molecule has 0 atom stereocenters. The minimum Gasteiger partial charge on any atom is -0.483 e. The summed E-state index contributed by atoms with van der Waals surface area (Å²) in [4.78, 5) is 12.3. The molecule has 5 heteroatoms. The Hall–Kier alpha value is -2.63. The van der Waals surface area contributed by atoms with Crippen LogP contribution in [0.25, 0.3) is 11.1 Å². The molecule has 1 amide bonds. The van der Waals surface area contributed by atoms with Crippen molar-refractivity contribution in [2.75, 3.05) is 11.9 Å². The van der Waals surface area contributed by atoms with Crippen molar-refractivity contribution in [2.24, 2.45) is 0 Å². The molecule has 3 aromatic rings. The van der Waals surface area contributed by atoms with Crippen LogP contribution >= 0.6 is 15.9 Å². The van der Waals surface area contributed by atoms with E-state index in [2.05, 4.69) is 21.2 Å². The molecule has 26 heavy (non-hydrogen) atoms. The summed E-state index contributed by atoms with van der Waals surface area (Å²) in [6.45, 7) is -0.301. The minimum atomic E-state index is -0.264. The van der Waals surface area contributed by atoms with E-state index in [-0.39, 0.29) is 19.1 Å². The molecule has 2 N–H and O–H groups in total. The SMILES string of the molecule is O=C(COc1ccc(Br)cc1CO)Nc1ccccc1-c1ccccc1. The third kappa shape index (κ3) is 4.50. The normalized spacial score (nSPS) is 10.4. The third-order valence-corrected chi connectivity index (χ3v) is 4.33. The van der Waals surface area contributed by atoms with Gasteiger partial charge in [-0.25, -0.2) is 0 Å². The highest BCUT2D eigenvalue weighted by atomic mass is 79.9. The number of hydrogen-bond acceptors (Lipinski definition) is 3. The van der Waals surface area contributed by atoms with Crippen molar-refractivity contribution in [1.29, 1.82) is 0 Å². The molecule has 0 saturated heterocycles. The monoisotopic (exact) mass is 411 g/mol. The quantitative estimate of drug-likeness (QED) is 0.621. The number of hydrogen-bond donors (Lipinski definition) is 2. The number of nitrogens with one attached hydrogen (secondary N) is 1. The Bertz CT molecular complexity index is 897. The van der Waals surface area contributed by atoms with Gasteiger partial charge in [0.05, 0.1) is 6.61 Å². The predicted molar refractivity (Wildman–Crippen MR) is 106 cm³/mol. The molecule has 0 fully saturated rings. The summed E-state index contributed by atoms with van der Waals surface area (Å²) < 4.78 is 6.41. The number of carbonyl (C=O) groups excluding carboxylic acids is 1. The van der Waals surface area contributed by atoms with Gasteiger partial charge in [0.2, 0.25) is 0 Å². The van der Waals surface area contributed by atoms with Crippen LogP contribution in [0.3, 0.4) is 0 Å². The molecule has 0 aliphatic carbocycles. The summed E-state index contributed by atoms with van der Waals surface area (Å²) in [7, 11) is 0. The zero-order valence-electron chi connectivity index (χ0n) is 14.0. The molecule has 0 unspecified atom stereocenters. The summed E-state index contributed by atoms with van der Waals surface area (Å²) in [6, 6.07) is 22.8. The Kier molecular flexibility index (Phi) is 6.04. The molecule has 0 aliphatic rings. The van der Waals surface area contributed by atoms with Crippen molar-refractivity contribution in [3.8, 4) is 16.9 Å². The first-order chi connectivity index (χ1) is 12.7.